The number of nitrogens with one attached hydrogen (secondary N) is 2. The van der Waals surface area contributed by atoms with Gasteiger partial charge in [-0.3, -0.25) is 14.5 Å². The first-order chi connectivity index (χ1) is 14.0. The van der Waals surface area contributed by atoms with Crippen molar-refractivity contribution in [3.05, 3.63) is 58.9 Å². The van der Waals surface area contributed by atoms with Gasteiger partial charge < -0.3 is 10.1 Å². The number of benzene rings is 2. The number of carbonyl (C=O) groups is 1. The van der Waals surface area contributed by atoms with Gasteiger partial charge in [-0.25, -0.2) is 0 Å². The average molecular weight is 411 g/mol. The molecule has 3 rings (SSSR count). The molecule has 0 unspecified atom stereocenters. The fourth-order valence-electron chi connectivity index (χ4n) is 3.05. The molecule has 0 fully saturated rings. The van der Waals surface area contributed by atoms with Crippen LogP contribution in [0.5, 0.6) is 5.75 Å². The maximum absolute atomic E-state index is 12.4. The van der Waals surface area contributed by atoms with E-state index in [0.29, 0.717) is 29.5 Å². The molecule has 1 atom stereocenters. The minimum atomic E-state index is -0.0647. The smallest absolute Gasteiger partial charge is 0.226 e. The van der Waals surface area contributed by atoms with Crippen molar-refractivity contribution in [2.45, 2.75) is 39.2 Å². The zero-order valence-corrected chi connectivity index (χ0v) is 17.8. The van der Waals surface area contributed by atoms with E-state index in [4.69, 9.17) is 17.0 Å². The van der Waals surface area contributed by atoms with E-state index in [-0.39, 0.29) is 5.91 Å². The third-order valence-corrected chi connectivity index (χ3v) is 5.36. The lowest BCUT2D eigenvalue weighted by Crippen LogP contribution is -2.15. The van der Waals surface area contributed by atoms with E-state index in [1.54, 1.807) is 7.11 Å². The van der Waals surface area contributed by atoms with Gasteiger partial charge in [0.1, 0.15) is 5.75 Å². The Bertz CT molecular complexity index is 1010. The van der Waals surface area contributed by atoms with Gasteiger partial charge in [0, 0.05) is 24.2 Å². The van der Waals surface area contributed by atoms with Crippen molar-refractivity contribution in [2.24, 2.45) is 0 Å². The number of amides is 1. The van der Waals surface area contributed by atoms with E-state index in [0.717, 1.165) is 23.4 Å². The fraction of sp³-hybridized carbons (Fsp3) is 0.318. The molecule has 3 aromatic rings. The van der Waals surface area contributed by atoms with Crippen LogP contribution in [0.4, 0.5) is 5.69 Å². The second-order valence-electron chi connectivity index (χ2n) is 6.96. The molecule has 6 nitrogen and oxygen atoms in total. The van der Waals surface area contributed by atoms with Gasteiger partial charge in [-0.15, -0.1) is 0 Å². The van der Waals surface area contributed by atoms with Gasteiger partial charge in [-0.05, 0) is 66.5 Å². The maximum atomic E-state index is 12.4. The van der Waals surface area contributed by atoms with E-state index in [1.165, 1.54) is 5.56 Å². The highest BCUT2D eigenvalue weighted by atomic mass is 32.1. The second kappa shape index (κ2) is 9.52. The Balaban J connectivity index is 1.64. The van der Waals surface area contributed by atoms with Gasteiger partial charge >= 0.3 is 0 Å². The van der Waals surface area contributed by atoms with Crippen LogP contribution >= 0.6 is 12.2 Å². The second-order valence-corrected chi connectivity index (χ2v) is 7.35. The lowest BCUT2D eigenvalue weighted by molar-refractivity contribution is -0.116. The van der Waals surface area contributed by atoms with Gasteiger partial charge in [-0.1, -0.05) is 26.0 Å². The summed E-state index contributed by atoms with van der Waals surface area (Å²) < 4.78 is 7.52. The van der Waals surface area contributed by atoms with Gasteiger partial charge in [0.15, 0.2) is 10.6 Å². The normalized spacial score (nSPS) is 11.8. The van der Waals surface area contributed by atoms with Crippen molar-refractivity contribution >= 4 is 23.8 Å². The largest absolute Gasteiger partial charge is 0.497 e. The standard InChI is InChI=1S/C22H26N4O2S/c1-4-15(2)16-5-9-18(10-6-16)23-20(27)13-14-26-21(24-25-22(26)29)17-7-11-19(28-3)12-8-17/h5-12,15H,4,13-14H2,1-3H3,(H,23,27)(H,25,29)/t15-/m1/s1. The molecule has 0 aliphatic heterocycles. The van der Waals surface area contributed by atoms with Crippen molar-refractivity contribution in [1.29, 1.82) is 0 Å². The number of carbonyl (C=O) groups excluding carboxylic acids is 1. The average Bonchev–Trinajstić information content (AvgIpc) is 3.12. The van der Waals surface area contributed by atoms with Gasteiger partial charge in [0.2, 0.25) is 5.91 Å². The van der Waals surface area contributed by atoms with E-state index < -0.39 is 0 Å². The number of ether oxygens (including phenoxy) is 1. The number of H-pyrrole nitrogens is 1. The highest BCUT2D eigenvalue weighted by Gasteiger charge is 2.11. The summed E-state index contributed by atoms with van der Waals surface area (Å²) in [4.78, 5) is 12.4. The summed E-state index contributed by atoms with van der Waals surface area (Å²) in [7, 11) is 1.63. The number of nitrogens with zero attached hydrogens (tertiary/aromatic N) is 2. The van der Waals surface area contributed by atoms with Crippen molar-refractivity contribution in [2.75, 3.05) is 12.4 Å². The van der Waals surface area contributed by atoms with Crippen molar-refractivity contribution in [1.82, 2.24) is 14.8 Å². The highest BCUT2D eigenvalue weighted by molar-refractivity contribution is 7.71. The number of hydrogen-bond acceptors (Lipinski definition) is 4. The topological polar surface area (TPSA) is 71.9 Å². The molecule has 29 heavy (non-hydrogen) atoms. The number of hydrogen-bond donors (Lipinski definition) is 2. The number of aromatic nitrogens is 3. The van der Waals surface area contributed by atoms with Crippen molar-refractivity contribution < 1.29 is 9.53 Å². The molecule has 0 saturated heterocycles. The molecule has 0 bridgehead atoms. The molecule has 1 amide bonds. The lowest BCUT2D eigenvalue weighted by atomic mass is 9.99. The molecule has 0 spiro atoms. The summed E-state index contributed by atoms with van der Waals surface area (Å²) in [5, 5.41) is 10.1. The van der Waals surface area contributed by atoms with Crippen LogP contribution in [0.15, 0.2) is 48.5 Å². The zero-order valence-electron chi connectivity index (χ0n) is 16.9. The van der Waals surface area contributed by atoms with Crippen LogP contribution in [-0.2, 0) is 11.3 Å². The maximum Gasteiger partial charge on any atom is 0.226 e. The molecular weight excluding hydrogens is 384 g/mol. The lowest BCUT2D eigenvalue weighted by Gasteiger charge is -2.11. The molecule has 0 saturated carbocycles. The molecule has 0 aliphatic carbocycles. The van der Waals surface area contributed by atoms with Crippen LogP contribution in [0.1, 0.15) is 38.2 Å². The Morgan fingerprint density at radius 1 is 1.21 bits per heavy atom. The van der Waals surface area contributed by atoms with E-state index in [2.05, 4.69) is 41.5 Å². The molecule has 7 heteroatoms. The molecule has 0 aliphatic rings. The number of rotatable bonds is 8. The first-order valence-corrected chi connectivity index (χ1v) is 10.1. The van der Waals surface area contributed by atoms with Crippen molar-refractivity contribution in [3.8, 4) is 17.1 Å². The Labute approximate surface area is 175 Å². The van der Waals surface area contributed by atoms with Gasteiger partial charge in [0.25, 0.3) is 0 Å². The van der Waals surface area contributed by atoms with Crippen LogP contribution in [-0.4, -0.2) is 27.8 Å². The Morgan fingerprint density at radius 2 is 1.90 bits per heavy atom. The minimum Gasteiger partial charge on any atom is -0.497 e. The SMILES string of the molecule is CC[C@@H](C)c1ccc(NC(=O)CCn2c(-c3ccc(OC)cc3)n[nH]c2=S)cc1. The Morgan fingerprint density at radius 3 is 2.52 bits per heavy atom. The van der Waals surface area contributed by atoms with Crippen LogP contribution < -0.4 is 10.1 Å². The van der Waals surface area contributed by atoms with Crippen LogP contribution in [0.25, 0.3) is 11.4 Å². The fourth-order valence-corrected chi connectivity index (χ4v) is 3.28. The first kappa shape index (κ1) is 20.8. The summed E-state index contributed by atoms with van der Waals surface area (Å²) in [5.74, 6) is 1.92. The van der Waals surface area contributed by atoms with E-state index in [1.807, 2.05) is 41.0 Å². The zero-order chi connectivity index (χ0) is 20.8. The molecule has 1 aromatic heterocycles. The molecule has 2 N–H and O–H groups in total. The summed E-state index contributed by atoms with van der Waals surface area (Å²) in [6.07, 6.45) is 1.39. The van der Waals surface area contributed by atoms with Crippen LogP contribution in [0, 0.1) is 4.77 Å². The Hall–Kier alpha value is -2.93. The third-order valence-electron chi connectivity index (χ3n) is 5.04. The predicted molar refractivity (Wildman–Crippen MR) is 118 cm³/mol. The quantitative estimate of drug-likeness (QED) is 0.503. The molecular formula is C22H26N4O2S. The van der Waals surface area contributed by atoms with Crippen LogP contribution in [0.2, 0.25) is 0 Å². The molecule has 152 valence electrons. The number of anilines is 1. The van der Waals surface area contributed by atoms with Crippen LogP contribution in [0.3, 0.4) is 0 Å². The van der Waals surface area contributed by atoms with E-state index in [9.17, 15) is 4.79 Å². The van der Waals surface area contributed by atoms with Gasteiger partial charge in [0.05, 0.1) is 7.11 Å². The molecule has 1 heterocycles. The summed E-state index contributed by atoms with van der Waals surface area (Å²) in [5.41, 5.74) is 2.98. The molecule has 2 aromatic carbocycles. The Kier molecular flexibility index (Phi) is 6.82. The first-order valence-electron chi connectivity index (χ1n) is 9.71. The van der Waals surface area contributed by atoms with Crippen molar-refractivity contribution in [3.63, 3.8) is 0 Å². The number of aromatic amines is 1. The van der Waals surface area contributed by atoms with E-state index >= 15 is 0 Å². The summed E-state index contributed by atoms with van der Waals surface area (Å²) in [6, 6.07) is 15.6. The van der Waals surface area contributed by atoms with Gasteiger partial charge in [-0.2, -0.15) is 5.10 Å². The molecule has 0 radical (unpaired) electrons. The summed E-state index contributed by atoms with van der Waals surface area (Å²) in [6.45, 7) is 4.80. The highest BCUT2D eigenvalue weighted by Crippen LogP contribution is 2.22. The third kappa shape index (κ3) is 5.12. The predicted octanol–water partition coefficient (Wildman–Crippen LogP) is 5.16. The monoisotopic (exact) mass is 410 g/mol. The minimum absolute atomic E-state index is 0.0647. The number of methoxy groups -OCH3 is 1. The summed E-state index contributed by atoms with van der Waals surface area (Å²) >= 11 is 5.34.